The highest BCUT2D eigenvalue weighted by Gasteiger charge is 2.34. The van der Waals surface area contributed by atoms with E-state index in [-0.39, 0.29) is 18.3 Å². The van der Waals surface area contributed by atoms with Gasteiger partial charge in [0.15, 0.2) is 0 Å². The Morgan fingerprint density at radius 1 is 0.897 bits per heavy atom. The Kier molecular flexibility index (Phi) is 11.5. The lowest BCUT2D eigenvalue weighted by Crippen LogP contribution is -2.59. The standard InChI is InChI=1S/C27H40N6O6/c1-5-14(3)22(26(37)33-23(27(38)39)15(4)6-2)32-25(36)20(12-21(29)34)31-24(35)18(28)11-16-13-30-19-10-8-7-9-17(16)19/h7-10,13-15,18,20,22-23,30H,5-6,11-12,28H2,1-4H3,(H2,29,34)(H,31,35)(H,32,36)(H,33,37)(H,38,39). The van der Waals surface area contributed by atoms with Gasteiger partial charge in [-0.3, -0.25) is 19.2 Å². The molecule has 9 N–H and O–H groups in total. The molecule has 12 nitrogen and oxygen atoms in total. The smallest absolute Gasteiger partial charge is 0.326 e. The number of carbonyl (C=O) groups is 5. The van der Waals surface area contributed by atoms with Gasteiger partial charge >= 0.3 is 5.97 Å². The van der Waals surface area contributed by atoms with Crippen molar-refractivity contribution in [2.45, 2.75) is 77.5 Å². The van der Waals surface area contributed by atoms with Crippen molar-refractivity contribution in [3.8, 4) is 0 Å². The number of amides is 4. The number of nitrogens with one attached hydrogen (secondary N) is 4. The molecule has 0 spiro atoms. The van der Waals surface area contributed by atoms with E-state index < -0.39 is 60.2 Å². The number of aliphatic carboxylic acids is 1. The van der Waals surface area contributed by atoms with Crippen LogP contribution in [0, 0.1) is 11.8 Å². The Balaban J connectivity index is 2.16. The summed E-state index contributed by atoms with van der Waals surface area (Å²) >= 11 is 0. The highest BCUT2D eigenvalue weighted by atomic mass is 16.4. The molecule has 6 unspecified atom stereocenters. The van der Waals surface area contributed by atoms with Crippen LogP contribution in [0.2, 0.25) is 0 Å². The zero-order valence-electron chi connectivity index (χ0n) is 22.8. The molecule has 0 aliphatic carbocycles. The third kappa shape index (κ3) is 8.54. The van der Waals surface area contributed by atoms with Gasteiger partial charge in [-0.1, -0.05) is 58.7 Å². The number of carbonyl (C=O) groups excluding carboxylic acids is 4. The van der Waals surface area contributed by atoms with E-state index in [1.54, 1.807) is 27.0 Å². The molecule has 2 aromatic rings. The van der Waals surface area contributed by atoms with E-state index in [0.29, 0.717) is 12.8 Å². The van der Waals surface area contributed by atoms with Gasteiger partial charge < -0.3 is 37.5 Å². The maximum Gasteiger partial charge on any atom is 0.326 e. The van der Waals surface area contributed by atoms with Gasteiger partial charge in [0.05, 0.1) is 12.5 Å². The summed E-state index contributed by atoms with van der Waals surface area (Å²) in [4.78, 5) is 65.7. The molecule has 0 fully saturated rings. The Hall–Kier alpha value is -3.93. The lowest BCUT2D eigenvalue weighted by Gasteiger charge is -2.29. The Morgan fingerprint density at radius 2 is 1.49 bits per heavy atom. The number of fused-ring (bicyclic) bond motifs is 1. The summed E-state index contributed by atoms with van der Waals surface area (Å²) in [6, 6.07) is 2.86. The third-order valence-corrected chi connectivity index (χ3v) is 7.06. The average Bonchev–Trinajstić information content (AvgIpc) is 3.30. The van der Waals surface area contributed by atoms with Gasteiger partial charge in [-0.15, -0.1) is 0 Å². The van der Waals surface area contributed by atoms with Gasteiger partial charge in [-0.05, 0) is 29.9 Å². The summed E-state index contributed by atoms with van der Waals surface area (Å²) in [5.41, 5.74) is 13.2. The summed E-state index contributed by atoms with van der Waals surface area (Å²) in [5.74, 6) is -4.91. The van der Waals surface area contributed by atoms with E-state index in [1.807, 2.05) is 31.2 Å². The molecule has 4 amide bonds. The fraction of sp³-hybridized carbons (Fsp3) is 0.519. The lowest BCUT2D eigenvalue weighted by atomic mass is 9.95. The quantitative estimate of drug-likeness (QED) is 0.169. The predicted octanol–water partition coefficient (Wildman–Crippen LogP) is 0.544. The molecule has 6 atom stereocenters. The molecule has 0 aliphatic heterocycles. The van der Waals surface area contributed by atoms with Crippen LogP contribution in [0.3, 0.4) is 0 Å². The van der Waals surface area contributed by atoms with Crippen molar-refractivity contribution in [2.75, 3.05) is 0 Å². The summed E-state index contributed by atoms with van der Waals surface area (Å²) in [7, 11) is 0. The number of primary amides is 1. The number of hydrogen-bond acceptors (Lipinski definition) is 6. The second-order valence-corrected chi connectivity index (χ2v) is 9.98. The number of H-pyrrole nitrogens is 1. The van der Waals surface area contributed by atoms with Gasteiger partial charge in [0.1, 0.15) is 18.1 Å². The molecular formula is C27H40N6O6. The molecule has 12 heteroatoms. The molecule has 1 heterocycles. The largest absolute Gasteiger partial charge is 0.480 e. The lowest BCUT2D eigenvalue weighted by molar-refractivity contribution is -0.144. The normalized spacial score (nSPS) is 15.8. The average molecular weight is 545 g/mol. The molecular weight excluding hydrogens is 504 g/mol. The summed E-state index contributed by atoms with van der Waals surface area (Å²) < 4.78 is 0. The van der Waals surface area contributed by atoms with Crippen molar-refractivity contribution in [3.63, 3.8) is 0 Å². The molecule has 0 saturated carbocycles. The predicted molar refractivity (Wildman–Crippen MR) is 146 cm³/mol. The maximum absolute atomic E-state index is 13.2. The minimum absolute atomic E-state index is 0.171. The fourth-order valence-corrected chi connectivity index (χ4v) is 4.20. The zero-order chi connectivity index (χ0) is 29.3. The van der Waals surface area contributed by atoms with E-state index >= 15 is 0 Å². The molecule has 0 aliphatic rings. The first-order valence-corrected chi connectivity index (χ1v) is 13.1. The molecule has 1 aromatic heterocycles. The van der Waals surface area contributed by atoms with Crippen LogP contribution in [0.4, 0.5) is 0 Å². The topological polar surface area (TPSA) is 209 Å². The minimum atomic E-state index is -1.38. The third-order valence-electron chi connectivity index (χ3n) is 7.06. The second-order valence-electron chi connectivity index (χ2n) is 9.98. The molecule has 1 aromatic carbocycles. The number of carboxylic acid groups (broad SMARTS) is 1. The van der Waals surface area contributed by atoms with Crippen LogP contribution in [-0.2, 0) is 30.4 Å². The number of hydrogen-bond donors (Lipinski definition) is 7. The van der Waals surface area contributed by atoms with Crippen molar-refractivity contribution in [1.82, 2.24) is 20.9 Å². The van der Waals surface area contributed by atoms with Crippen molar-refractivity contribution in [1.29, 1.82) is 0 Å². The first kappa shape index (κ1) is 31.3. The molecule has 0 bridgehead atoms. The SMILES string of the molecule is CCC(C)C(NC(=O)C(NC(=O)C(CC(N)=O)NC(=O)C(N)Cc1c[nH]c2ccccc12)C(C)CC)C(=O)O. The van der Waals surface area contributed by atoms with Crippen LogP contribution in [0.1, 0.15) is 52.5 Å². The van der Waals surface area contributed by atoms with Gasteiger partial charge in [0.2, 0.25) is 23.6 Å². The van der Waals surface area contributed by atoms with Crippen LogP contribution in [0.25, 0.3) is 10.9 Å². The number of aromatic amines is 1. The van der Waals surface area contributed by atoms with Gasteiger partial charge in [-0.2, -0.15) is 0 Å². The van der Waals surface area contributed by atoms with Crippen LogP contribution in [0.15, 0.2) is 30.5 Å². The highest BCUT2D eigenvalue weighted by Crippen LogP contribution is 2.19. The zero-order valence-corrected chi connectivity index (χ0v) is 22.8. The van der Waals surface area contributed by atoms with E-state index in [4.69, 9.17) is 11.5 Å². The Labute approximate surface area is 227 Å². The Morgan fingerprint density at radius 3 is 2.08 bits per heavy atom. The van der Waals surface area contributed by atoms with Crippen molar-refractivity contribution in [3.05, 3.63) is 36.0 Å². The van der Waals surface area contributed by atoms with E-state index in [9.17, 15) is 29.1 Å². The van der Waals surface area contributed by atoms with Crippen molar-refractivity contribution < 1.29 is 29.1 Å². The van der Waals surface area contributed by atoms with E-state index in [1.165, 1.54) is 0 Å². The van der Waals surface area contributed by atoms with Gasteiger partial charge in [0, 0.05) is 17.1 Å². The minimum Gasteiger partial charge on any atom is -0.480 e. The number of carboxylic acids is 1. The number of aromatic nitrogens is 1. The van der Waals surface area contributed by atoms with Gasteiger partial charge in [-0.25, -0.2) is 4.79 Å². The van der Waals surface area contributed by atoms with Crippen molar-refractivity contribution >= 4 is 40.5 Å². The fourth-order valence-electron chi connectivity index (χ4n) is 4.20. The summed E-state index contributed by atoms with van der Waals surface area (Å²) in [6.07, 6.45) is 2.41. The van der Waals surface area contributed by atoms with Crippen LogP contribution in [-0.4, -0.2) is 63.9 Å². The molecule has 214 valence electrons. The first-order valence-electron chi connectivity index (χ1n) is 13.1. The molecule has 0 saturated heterocycles. The molecule has 39 heavy (non-hydrogen) atoms. The maximum atomic E-state index is 13.2. The Bertz CT molecular complexity index is 1180. The molecule has 0 radical (unpaired) electrons. The number of rotatable bonds is 15. The van der Waals surface area contributed by atoms with Crippen LogP contribution >= 0.6 is 0 Å². The van der Waals surface area contributed by atoms with E-state index in [0.717, 1.165) is 16.5 Å². The monoisotopic (exact) mass is 544 g/mol. The second kappa shape index (κ2) is 14.3. The first-order chi connectivity index (χ1) is 18.4. The number of nitrogens with two attached hydrogens (primary N) is 2. The van der Waals surface area contributed by atoms with Gasteiger partial charge in [0.25, 0.3) is 0 Å². The molecule has 2 rings (SSSR count). The van der Waals surface area contributed by atoms with Crippen LogP contribution in [0.5, 0.6) is 0 Å². The van der Waals surface area contributed by atoms with Crippen LogP contribution < -0.4 is 27.4 Å². The van der Waals surface area contributed by atoms with E-state index in [2.05, 4.69) is 20.9 Å². The number of benzene rings is 1. The number of para-hydroxylation sites is 1. The summed E-state index contributed by atoms with van der Waals surface area (Å²) in [6.45, 7) is 7.05. The highest BCUT2D eigenvalue weighted by molar-refractivity contribution is 5.96. The van der Waals surface area contributed by atoms with Crippen molar-refractivity contribution in [2.24, 2.45) is 23.3 Å². The summed E-state index contributed by atoms with van der Waals surface area (Å²) in [5, 5.41) is 18.0.